The van der Waals surface area contributed by atoms with E-state index in [9.17, 15) is 9.59 Å². The van der Waals surface area contributed by atoms with Crippen LogP contribution in [0.2, 0.25) is 10.0 Å². The van der Waals surface area contributed by atoms with Crippen molar-refractivity contribution in [2.75, 3.05) is 13.2 Å². The lowest BCUT2D eigenvalue weighted by molar-refractivity contribution is 0.0593. The van der Waals surface area contributed by atoms with E-state index in [4.69, 9.17) is 32.4 Å². The maximum absolute atomic E-state index is 13.5. The summed E-state index contributed by atoms with van der Waals surface area (Å²) in [6, 6.07) is 9.92. The fourth-order valence-electron chi connectivity index (χ4n) is 3.92. The first-order chi connectivity index (χ1) is 14.8. The summed E-state index contributed by atoms with van der Waals surface area (Å²) in [6.45, 7) is 6.71. The number of rotatable bonds is 6. The number of fused-ring (bicyclic) bond motifs is 2. The van der Waals surface area contributed by atoms with Crippen LogP contribution in [0, 0.1) is 6.92 Å². The average Bonchev–Trinajstić information content (AvgIpc) is 3.00. The lowest BCUT2D eigenvalue weighted by Gasteiger charge is -2.25. The lowest BCUT2D eigenvalue weighted by atomic mass is 9.98. The van der Waals surface area contributed by atoms with Crippen molar-refractivity contribution in [2.45, 2.75) is 39.3 Å². The summed E-state index contributed by atoms with van der Waals surface area (Å²) in [7, 11) is 0. The second kappa shape index (κ2) is 8.65. The smallest absolute Gasteiger partial charge is 0.290 e. The van der Waals surface area contributed by atoms with Gasteiger partial charge in [-0.3, -0.25) is 9.59 Å². The minimum absolute atomic E-state index is 0.0870. The number of ether oxygens (including phenoxy) is 1. The molecule has 31 heavy (non-hydrogen) atoms. The molecule has 0 aliphatic carbocycles. The Bertz CT molecular complexity index is 1200. The molecule has 1 aliphatic heterocycles. The zero-order valence-electron chi connectivity index (χ0n) is 17.6. The van der Waals surface area contributed by atoms with Crippen LogP contribution < -0.4 is 5.43 Å². The van der Waals surface area contributed by atoms with Crippen LogP contribution in [0.15, 0.2) is 45.6 Å². The van der Waals surface area contributed by atoms with Crippen molar-refractivity contribution in [1.82, 2.24) is 4.90 Å². The normalized spacial score (nSPS) is 15.9. The first-order valence-electron chi connectivity index (χ1n) is 10.2. The van der Waals surface area contributed by atoms with Crippen molar-refractivity contribution in [3.63, 3.8) is 0 Å². The zero-order chi connectivity index (χ0) is 22.3. The number of hydrogen-bond acceptors (Lipinski definition) is 4. The Balaban J connectivity index is 1.83. The summed E-state index contributed by atoms with van der Waals surface area (Å²) in [5.41, 5.74) is 2.03. The van der Waals surface area contributed by atoms with Gasteiger partial charge in [0.05, 0.1) is 23.1 Å². The quantitative estimate of drug-likeness (QED) is 0.439. The predicted octanol–water partition coefficient (Wildman–Crippen LogP) is 5.77. The van der Waals surface area contributed by atoms with Crippen molar-refractivity contribution >= 4 is 40.1 Å². The molecule has 162 valence electrons. The maximum atomic E-state index is 13.5. The molecular formula is C24H23Cl2NO4. The second-order valence-corrected chi connectivity index (χ2v) is 8.84. The van der Waals surface area contributed by atoms with Crippen LogP contribution in [-0.2, 0) is 4.74 Å². The molecule has 3 aromatic rings. The van der Waals surface area contributed by atoms with Gasteiger partial charge < -0.3 is 14.1 Å². The maximum Gasteiger partial charge on any atom is 0.290 e. The molecule has 1 atom stereocenters. The van der Waals surface area contributed by atoms with Gasteiger partial charge in [0.25, 0.3) is 5.91 Å². The van der Waals surface area contributed by atoms with Crippen molar-refractivity contribution < 1.29 is 13.9 Å². The Kier molecular flexibility index (Phi) is 6.11. The number of nitrogens with zero attached hydrogens (tertiary/aromatic N) is 1. The molecule has 0 spiro atoms. The molecule has 2 heterocycles. The van der Waals surface area contributed by atoms with E-state index in [1.807, 2.05) is 32.9 Å². The number of carbonyl (C=O) groups is 1. The molecule has 0 bridgehead atoms. The lowest BCUT2D eigenvalue weighted by Crippen LogP contribution is -2.31. The Labute approximate surface area is 190 Å². The van der Waals surface area contributed by atoms with E-state index in [1.165, 1.54) is 0 Å². The highest BCUT2D eigenvalue weighted by Crippen LogP contribution is 2.39. The number of aryl methyl sites for hydroxylation is 1. The second-order valence-electron chi connectivity index (χ2n) is 8.00. The first kappa shape index (κ1) is 21.9. The third kappa shape index (κ3) is 4.10. The topological polar surface area (TPSA) is 59.8 Å². The minimum atomic E-state index is -0.556. The van der Waals surface area contributed by atoms with Gasteiger partial charge >= 0.3 is 0 Å². The molecule has 0 radical (unpaired) electrons. The van der Waals surface area contributed by atoms with Gasteiger partial charge in [0.2, 0.25) is 5.76 Å². The number of halogens is 2. The highest BCUT2D eigenvalue weighted by Gasteiger charge is 2.42. The first-order valence-corrected chi connectivity index (χ1v) is 11.0. The number of hydrogen-bond donors (Lipinski definition) is 0. The van der Waals surface area contributed by atoms with Gasteiger partial charge in [-0.15, -0.1) is 0 Å². The van der Waals surface area contributed by atoms with E-state index < -0.39 is 6.04 Å². The largest absolute Gasteiger partial charge is 0.450 e. The molecule has 5 nitrogen and oxygen atoms in total. The third-order valence-corrected chi connectivity index (χ3v) is 6.09. The summed E-state index contributed by atoms with van der Waals surface area (Å²) in [5.74, 6) is -0.213. The Morgan fingerprint density at radius 1 is 1.13 bits per heavy atom. The fourth-order valence-corrected chi connectivity index (χ4v) is 4.21. The van der Waals surface area contributed by atoms with Crippen molar-refractivity contribution in [3.8, 4) is 0 Å². The van der Waals surface area contributed by atoms with Gasteiger partial charge in [-0.05, 0) is 62.6 Å². The number of carbonyl (C=O) groups excluding carboxylic acids is 1. The van der Waals surface area contributed by atoms with Crippen LogP contribution in [0.3, 0.4) is 0 Å². The van der Waals surface area contributed by atoms with E-state index in [2.05, 4.69) is 0 Å². The van der Waals surface area contributed by atoms with E-state index >= 15 is 0 Å². The minimum Gasteiger partial charge on any atom is -0.450 e. The number of amides is 1. The van der Waals surface area contributed by atoms with Gasteiger partial charge in [-0.1, -0.05) is 35.3 Å². The molecule has 0 fully saturated rings. The molecule has 0 saturated heterocycles. The fraction of sp³-hybridized carbons (Fsp3) is 0.333. The molecule has 1 unspecified atom stereocenters. The molecule has 0 saturated carbocycles. The van der Waals surface area contributed by atoms with Crippen LogP contribution in [0.25, 0.3) is 11.0 Å². The van der Waals surface area contributed by atoms with Crippen LogP contribution in [-0.4, -0.2) is 30.1 Å². The van der Waals surface area contributed by atoms with Crippen LogP contribution >= 0.6 is 23.2 Å². The van der Waals surface area contributed by atoms with Crippen LogP contribution in [0.4, 0.5) is 0 Å². The van der Waals surface area contributed by atoms with Crippen molar-refractivity contribution in [2.24, 2.45) is 0 Å². The van der Waals surface area contributed by atoms with Crippen LogP contribution in [0.1, 0.15) is 53.6 Å². The highest BCUT2D eigenvalue weighted by atomic mass is 35.5. The van der Waals surface area contributed by atoms with E-state index in [0.29, 0.717) is 46.2 Å². The zero-order valence-corrected chi connectivity index (χ0v) is 19.1. The standard InChI is InChI=1S/C24H23Cl2NO4/c1-13(2)30-10-4-9-27-21(15-5-7-16(25)8-6-15)20-22(28)17-12-18(26)14(3)11-19(17)31-23(20)24(27)29/h5-8,11-13,21H,4,9-10H2,1-3H3. The summed E-state index contributed by atoms with van der Waals surface area (Å²) in [5, 5.41) is 1.43. The summed E-state index contributed by atoms with van der Waals surface area (Å²) >= 11 is 12.3. The van der Waals surface area contributed by atoms with E-state index in [0.717, 1.165) is 11.1 Å². The van der Waals surface area contributed by atoms with Crippen LogP contribution in [0.5, 0.6) is 0 Å². The van der Waals surface area contributed by atoms with E-state index in [1.54, 1.807) is 29.2 Å². The summed E-state index contributed by atoms with van der Waals surface area (Å²) in [4.78, 5) is 28.5. The molecule has 1 aromatic heterocycles. The SMILES string of the molecule is Cc1cc2oc3c(c(=O)c2cc1Cl)C(c1ccc(Cl)cc1)N(CCCOC(C)C)C3=O. The molecule has 4 rings (SSSR count). The molecule has 1 aliphatic rings. The van der Waals surface area contributed by atoms with Gasteiger partial charge in [-0.25, -0.2) is 0 Å². The molecular weight excluding hydrogens is 437 g/mol. The van der Waals surface area contributed by atoms with Crippen molar-refractivity contribution in [3.05, 3.63) is 79.1 Å². The van der Waals surface area contributed by atoms with E-state index in [-0.39, 0.29) is 23.2 Å². The van der Waals surface area contributed by atoms with Gasteiger partial charge in [0.1, 0.15) is 5.58 Å². The predicted molar refractivity (Wildman–Crippen MR) is 122 cm³/mol. The Morgan fingerprint density at radius 2 is 1.84 bits per heavy atom. The third-order valence-electron chi connectivity index (χ3n) is 5.43. The van der Waals surface area contributed by atoms with Crippen molar-refractivity contribution in [1.29, 1.82) is 0 Å². The molecule has 1 amide bonds. The Morgan fingerprint density at radius 3 is 2.52 bits per heavy atom. The highest BCUT2D eigenvalue weighted by molar-refractivity contribution is 6.32. The monoisotopic (exact) mass is 459 g/mol. The average molecular weight is 460 g/mol. The Hall–Kier alpha value is -2.34. The van der Waals surface area contributed by atoms with Gasteiger partial charge in [-0.2, -0.15) is 0 Å². The molecule has 2 aromatic carbocycles. The number of benzene rings is 2. The van der Waals surface area contributed by atoms with Gasteiger partial charge in [0, 0.05) is 23.2 Å². The van der Waals surface area contributed by atoms with Gasteiger partial charge in [0.15, 0.2) is 5.43 Å². The summed E-state index contributed by atoms with van der Waals surface area (Å²) < 4.78 is 11.6. The summed E-state index contributed by atoms with van der Waals surface area (Å²) in [6.07, 6.45) is 0.751. The molecule has 0 N–H and O–H groups in total. The molecule has 7 heteroatoms.